The fourth-order valence-electron chi connectivity index (χ4n) is 1.74. The van der Waals surface area contributed by atoms with Crippen molar-refractivity contribution >= 4 is 10.8 Å². The predicted octanol–water partition coefficient (Wildman–Crippen LogP) is 2.65. The number of benzene rings is 1. The van der Waals surface area contributed by atoms with E-state index < -0.39 is 10.8 Å². The van der Waals surface area contributed by atoms with E-state index in [1.54, 1.807) is 0 Å². The number of hydrogen-bond acceptors (Lipinski definition) is 2. The highest BCUT2D eigenvalue weighted by Crippen LogP contribution is 2.14. The van der Waals surface area contributed by atoms with Gasteiger partial charge >= 0.3 is 0 Å². The molecule has 0 amide bonds. The summed E-state index contributed by atoms with van der Waals surface area (Å²) >= 11 is 0. The Kier molecular flexibility index (Phi) is 5.86. The molecule has 0 saturated carbocycles. The summed E-state index contributed by atoms with van der Waals surface area (Å²) in [6.07, 6.45) is 1.04. The van der Waals surface area contributed by atoms with Crippen LogP contribution in [0, 0.1) is 5.92 Å². The smallest absolute Gasteiger partial charge is 0.0428 e. The van der Waals surface area contributed by atoms with Gasteiger partial charge in [0, 0.05) is 28.3 Å². The maximum atomic E-state index is 11.8. The van der Waals surface area contributed by atoms with Crippen LogP contribution in [0.15, 0.2) is 24.3 Å². The maximum Gasteiger partial charge on any atom is 0.0428 e. The van der Waals surface area contributed by atoms with Gasteiger partial charge in [-0.3, -0.25) is 4.21 Å². The number of aryl methyl sites for hydroxylation is 1. The zero-order valence-electron chi connectivity index (χ0n) is 11.0. The fraction of sp³-hybridized carbons (Fsp3) is 0.571. The van der Waals surface area contributed by atoms with Gasteiger partial charge in [-0.2, -0.15) is 0 Å². The summed E-state index contributed by atoms with van der Waals surface area (Å²) in [6.45, 7) is 6.30. The standard InChI is InChI=1S/C14H23NOS/c1-4-12-5-7-13(8-6-12)14(15)10-17(16)9-11(2)3/h5-8,11,14H,4,9-10,15H2,1-3H3. The molecule has 3 heteroatoms. The van der Waals surface area contributed by atoms with Crippen molar-refractivity contribution in [2.75, 3.05) is 11.5 Å². The van der Waals surface area contributed by atoms with E-state index in [9.17, 15) is 4.21 Å². The normalized spacial score (nSPS) is 14.9. The summed E-state index contributed by atoms with van der Waals surface area (Å²) < 4.78 is 11.8. The summed E-state index contributed by atoms with van der Waals surface area (Å²) in [4.78, 5) is 0. The molecule has 0 fully saturated rings. The monoisotopic (exact) mass is 253 g/mol. The summed E-state index contributed by atoms with van der Waals surface area (Å²) in [5, 5.41) is 0. The van der Waals surface area contributed by atoms with Gasteiger partial charge in [0.2, 0.25) is 0 Å². The Labute approximate surface area is 107 Å². The minimum atomic E-state index is -0.813. The summed E-state index contributed by atoms with van der Waals surface area (Å²) in [7, 11) is -0.813. The van der Waals surface area contributed by atoms with Crippen molar-refractivity contribution in [3.63, 3.8) is 0 Å². The van der Waals surface area contributed by atoms with Gasteiger partial charge < -0.3 is 5.73 Å². The Morgan fingerprint density at radius 3 is 2.24 bits per heavy atom. The van der Waals surface area contributed by atoms with E-state index in [2.05, 4.69) is 45.0 Å². The second-order valence-electron chi connectivity index (χ2n) is 4.87. The lowest BCUT2D eigenvalue weighted by molar-refractivity contribution is 0.657. The van der Waals surface area contributed by atoms with Crippen molar-refractivity contribution in [2.45, 2.75) is 33.2 Å². The average molecular weight is 253 g/mol. The largest absolute Gasteiger partial charge is 0.323 e. The molecule has 0 aromatic heterocycles. The predicted molar refractivity (Wildman–Crippen MR) is 75.5 cm³/mol. The minimum Gasteiger partial charge on any atom is -0.323 e. The van der Waals surface area contributed by atoms with Crippen LogP contribution >= 0.6 is 0 Å². The molecule has 96 valence electrons. The van der Waals surface area contributed by atoms with Gasteiger partial charge in [0.05, 0.1) is 0 Å². The molecule has 2 N–H and O–H groups in total. The Balaban J connectivity index is 2.56. The first-order valence-corrected chi connectivity index (χ1v) is 7.71. The van der Waals surface area contributed by atoms with Crippen molar-refractivity contribution in [3.8, 4) is 0 Å². The van der Waals surface area contributed by atoms with Crippen LogP contribution < -0.4 is 5.73 Å². The molecule has 0 heterocycles. The van der Waals surface area contributed by atoms with Crippen molar-refractivity contribution in [3.05, 3.63) is 35.4 Å². The number of nitrogens with two attached hydrogens (primary N) is 1. The van der Waals surface area contributed by atoms with Crippen molar-refractivity contribution in [1.29, 1.82) is 0 Å². The molecule has 2 nitrogen and oxygen atoms in total. The quantitative estimate of drug-likeness (QED) is 0.847. The van der Waals surface area contributed by atoms with E-state index in [1.807, 2.05) is 0 Å². The number of rotatable bonds is 6. The van der Waals surface area contributed by atoms with E-state index in [0.29, 0.717) is 11.7 Å². The molecule has 0 aliphatic heterocycles. The molecule has 17 heavy (non-hydrogen) atoms. The maximum absolute atomic E-state index is 11.8. The van der Waals surface area contributed by atoms with Crippen molar-refractivity contribution in [1.82, 2.24) is 0 Å². The summed E-state index contributed by atoms with van der Waals surface area (Å²) in [6, 6.07) is 8.19. The van der Waals surface area contributed by atoms with Crippen LogP contribution in [0.2, 0.25) is 0 Å². The number of hydrogen-bond donors (Lipinski definition) is 1. The molecule has 2 unspecified atom stereocenters. The van der Waals surface area contributed by atoms with Crippen LogP contribution in [-0.2, 0) is 17.2 Å². The van der Waals surface area contributed by atoms with Gasteiger partial charge in [0.15, 0.2) is 0 Å². The molecule has 0 aliphatic carbocycles. The van der Waals surface area contributed by atoms with E-state index in [0.717, 1.165) is 17.7 Å². The third-order valence-electron chi connectivity index (χ3n) is 2.70. The van der Waals surface area contributed by atoms with Crippen LogP contribution in [0.25, 0.3) is 0 Å². The first-order valence-electron chi connectivity index (χ1n) is 6.22. The zero-order chi connectivity index (χ0) is 12.8. The lowest BCUT2D eigenvalue weighted by atomic mass is 10.1. The van der Waals surface area contributed by atoms with E-state index >= 15 is 0 Å². The molecular formula is C14H23NOS. The first kappa shape index (κ1) is 14.4. The minimum absolute atomic E-state index is 0.111. The Morgan fingerprint density at radius 1 is 1.18 bits per heavy atom. The van der Waals surface area contributed by atoms with Crippen molar-refractivity contribution < 1.29 is 4.21 Å². The second-order valence-corrected chi connectivity index (χ2v) is 6.41. The highest BCUT2D eigenvalue weighted by Gasteiger charge is 2.11. The summed E-state index contributed by atoms with van der Waals surface area (Å²) in [5.41, 5.74) is 8.46. The van der Waals surface area contributed by atoms with E-state index in [1.165, 1.54) is 5.56 Å². The second kappa shape index (κ2) is 6.92. The SMILES string of the molecule is CCc1ccc(C(N)CS(=O)CC(C)C)cc1. The molecule has 0 saturated heterocycles. The third kappa shape index (κ3) is 5.00. The van der Waals surface area contributed by atoms with Gasteiger partial charge in [-0.25, -0.2) is 0 Å². The van der Waals surface area contributed by atoms with Gasteiger partial charge in [0.1, 0.15) is 0 Å². The van der Waals surface area contributed by atoms with Crippen LogP contribution in [0.3, 0.4) is 0 Å². The average Bonchev–Trinajstić information content (AvgIpc) is 2.28. The molecular weight excluding hydrogens is 230 g/mol. The van der Waals surface area contributed by atoms with Gasteiger partial charge in [-0.1, -0.05) is 45.0 Å². The molecule has 0 radical (unpaired) electrons. The molecule has 0 aliphatic rings. The molecule has 1 rings (SSSR count). The molecule has 1 aromatic rings. The summed E-state index contributed by atoms with van der Waals surface area (Å²) in [5.74, 6) is 1.76. The Bertz CT molecular complexity index is 359. The van der Waals surface area contributed by atoms with Gasteiger partial charge in [-0.05, 0) is 23.5 Å². The van der Waals surface area contributed by atoms with Crippen molar-refractivity contribution in [2.24, 2.45) is 11.7 Å². The third-order valence-corrected chi connectivity index (χ3v) is 4.47. The molecule has 0 spiro atoms. The Morgan fingerprint density at radius 2 is 1.76 bits per heavy atom. The van der Waals surface area contributed by atoms with Crippen LogP contribution in [0.4, 0.5) is 0 Å². The van der Waals surface area contributed by atoms with Crippen LogP contribution in [0.1, 0.15) is 37.9 Å². The zero-order valence-corrected chi connectivity index (χ0v) is 11.8. The van der Waals surface area contributed by atoms with E-state index in [-0.39, 0.29) is 6.04 Å². The molecule has 2 atom stereocenters. The highest BCUT2D eigenvalue weighted by molar-refractivity contribution is 7.85. The van der Waals surface area contributed by atoms with Crippen LogP contribution in [0.5, 0.6) is 0 Å². The van der Waals surface area contributed by atoms with Gasteiger partial charge in [0.25, 0.3) is 0 Å². The lowest BCUT2D eigenvalue weighted by Gasteiger charge is -2.13. The van der Waals surface area contributed by atoms with Gasteiger partial charge in [-0.15, -0.1) is 0 Å². The topological polar surface area (TPSA) is 43.1 Å². The lowest BCUT2D eigenvalue weighted by Crippen LogP contribution is -2.21. The van der Waals surface area contributed by atoms with E-state index in [4.69, 9.17) is 5.73 Å². The molecule has 0 bridgehead atoms. The Hall–Kier alpha value is -0.670. The van der Waals surface area contributed by atoms with Crippen LogP contribution in [-0.4, -0.2) is 15.7 Å². The molecule has 1 aromatic carbocycles. The fourth-order valence-corrected chi connectivity index (χ4v) is 3.21. The highest BCUT2D eigenvalue weighted by atomic mass is 32.2. The first-order chi connectivity index (χ1) is 8.02.